The molecule has 1 atom stereocenters. The van der Waals surface area contributed by atoms with E-state index in [1.54, 1.807) is 17.9 Å². The van der Waals surface area contributed by atoms with E-state index in [1.807, 2.05) is 0 Å². The van der Waals surface area contributed by atoms with Crippen molar-refractivity contribution in [2.45, 2.75) is 25.9 Å². The van der Waals surface area contributed by atoms with Crippen molar-refractivity contribution in [3.63, 3.8) is 0 Å². The molecule has 5 nitrogen and oxygen atoms in total. The third kappa shape index (κ3) is 2.43. The zero-order chi connectivity index (χ0) is 8.97. The van der Waals surface area contributed by atoms with Gasteiger partial charge in [-0.25, -0.2) is 4.98 Å². The first kappa shape index (κ1) is 8.86. The number of nitrogens with zero attached hydrogens (tertiary/aromatic N) is 3. The van der Waals surface area contributed by atoms with Crippen molar-refractivity contribution in [2.75, 3.05) is 0 Å². The van der Waals surface area contributed by atoms with Gasteiger partial charge < -0.3 is 5.73 Å². The molecule has 0 amide bonds. The fraction of sp³-hybridized carbons (Fsp3) is 0.571. The number of carbonyl (C=O) groups excluding carboxylic acids is 1. The molecule has 0 saturated heterocycles. The summed E-state index contributed by atoms with van der Waals surface area (Å²) >= 11 is 0. The molecular weight excluding hydrogens is 156 g/mol. The third-order valence-corrected chi connectivity index (χ3v) is 1.56. The lowest BCUT2D eigenvalue weighted by Gasteiger charge is -2.02. The molecule has 5 heteroatoms. The molecule has 0 fully saturated rings. The van der Waals surface area contributed by atoms with Crippen molar-refractivity contribution in [3.05, 3.63) is 12.7 Å². The van der Waals surface area contributed by atoms with Gasteiger partial charge in [0, 0.05) is 13.0 Å². The number of nitrogens with two attached hydrogens (primary N) is 1. The van der Waals surface area contributed by atoms with Crippen molar-refractivity contribution >= 4 is 5.78 Å². The van der Waals surface area contributed by atoms with E-state index in [-0.39, 0.29) is 11.8 Å². The Morgan fingerprint density at radius 2 is 2.50 bits per heavy atom. The zero-order valence-electron chi connectivity index (χ0n) is 6.97. The molecule has 0 radical (unpaired) electrons. The van der Waals surface area contributed by atoms with Gasteiger partial charge in [0.2, 0.25) is 0 Å². The van der Waals surface area contributed by atoms with Crippen LogP contribution in [0.3, 0.4) is 0 Å². The predicted octanol–water partition coefficient (Wildman–Crippen LogP) is -0.416. The summed E-state index contributed by atoms with van der Waals surface area (Å²) in [6, 6.07) is -0.381. The third-order valence-electron chi connectivity index (χ3n) is 1.56. The van der Waals surface area contributed by atoms with Gasteiger partial charge in [-0.2, -0.15) is 5.10 Å². The van der Waals surface area contributed by atoms with E-state index in [1.165, 1.54) is 6.33 Å². The lowest BCUT2D eigenvalue weighted by Crippen LogP contribution is -2.27. The van der Waals surface area contributed by atoms with Crippen LogP contribution >= 0.6 is 0 Å². The molecule has 0 aromatic carbocycles. The largest absolute Gasteiger partial charge is 0.322 e. The highest BCUT2D eigenvalue weighted by atomic mass is 16.1. The van der Waals surface area contributed by atoms with Crippen LogP contribution in [0.25, 0.3) is 0 Å². The summed E-state index contributed by atoms with van der Waals surface area (Å²) in [7, 11) is 0. The van der Waals surface area contributed by atoms with Crippen molar-refractivity contribution < 1.29 is 4.79 Å². The topological polar surface area (TPSA) is 73.8 Å². The predicted molar refractivity (Wildman–Crippen MR) is 43.3 cm³/mol. The summed E-state index contributed by atoms with van der Waals surface area (Å²) in [5.41, 5.74) is 5.38. The second-order valence-electron chi connectivity index (χ2n) is 2.66. The molecule has 1 aromatic heterocycles. The number of ketones is 1. The van der Waals surface area contributed by atoms with Gasteiger partial charge in [-0.3, -0.25) is 9.48 Å². The van der Waals surface area contributed by atoms with Crippen LogP contribution in [0, 0.1) is 0 Å². The van der Waals surface area contributed by atoms with Crippen LogP contribution in [0.1, 0.15) is 13.3 Å². The van der Waals surface area contributed by atoms with Crippen LogP contribution in [-0.2, 0) is 11.3 Å². The second kappa shape index (κ2) is 3.96. The Morgan fingerprint density at radius 3 is 3.00 bits per heavy atom. The Balaban J connectivity index is 2.32. The first-order chi connectivity index (χ1) is 5.70. The lowest BCUT2D eigenvalue weighted by atomic mass is 10.2. The highest BCUT2D eigenvalue weighted by Crippen LogP contribution is 1.91. The fourth-order valence-electron chi connectivity index (χ4n) is 0.801. The van der Waals surface area contributed by atoms with Gasteiger partial charge in [0.25, 0.3) is 0 Å². The van der Waals surface area contributed by atoms with Crippen molar-refractivity contribution in [1.82, 2.24) is 14.8 Å². The van der Waals surface area contributed by atoms with Gasteiger partial charge in [0.15, 0.2) is 5.78 Å². The standard InChI is InChI=1S/C7H12N4O/c1-6(8)7(12)2-3-11-5-9-4-10-11/h4-6H,2-3,8H2,1H3. The first-order valence-corrected chi connectivity index (χ1v) is 3.81. The maximum absolute atomic E-state index is 11.1. The van der Waals surface area contributed by atoms with E-state index >= 15 is 0 Å². The molecule has 0 saturated carbocycles. The van der Waals surface area contributed by atoms with Crippen LogP contribution < -0.4 is 5.73 Å². The number of hydrogen-bond donors (Lipinski definition) is 1. The summed E-state index contributed by atoms with van der Waals surface area (Å²) in [5.74, 6) is 0.0468. The fourth-order valence-corrected chi connectivity index (χ4v) is 0.801. The van der Waals surface area contributed by atoms with Crippen molar-refractivity contribution in [1.29, 1.82) is 0 Å². The average molecular weight is 168 g/mol. The maximum atomic E-state index is 11.1. The van der Waals surface area contributed by atoms with Crippen molar-refractivity contribution in [3.8, 4) is 0 Å². The van der Waals surface area contributed by atoms with Gasteiger partial charge in [0.1, 0.15) is 12.7 Å². The molecule has 1 heterocycles. The Morgan fingerprint density at radius 1 is 1.75 bits per heavy atom. The quantitative estimate of drug-likeness (QED) is 0.663. The molecule has 0 spiro atoms. The maximum Gasteiger partial charge on any atom is 0.151 e. The summed E-state index contributed by atoms with van der Waals surface area (Å²) in [4.78, 5) is 14.8. The summed E-state index contributed by atoms with van der Waals surface area (Å²) in [6.45, 7) is 2.24. The van der Waals surface area contributed by atoms with E-state index in [2.05, 4.69) is 10.1 Å². The number of aromatic nitrogens is 3. The number of rotatable bonds is 4. The van der Waals surface area contributed by atoms with E-state index in [0.717, 1.165) is 0 Å². The summed E-state index contributed by atoms with van der Waals surface area (Å²) in [6.07, 6.45) is 3.44. The van der Waals surface area contributed by atoms with E-state index in [0.29, 0.717) is 13.0 Å². The highest BCUT2D eigenvalue weighted by Gasteiger charge is 2.06. The molecule has 1 unspecified atom stereocenters. The van der Waals surface area contributed by atoms with Gasteiger partial charge >= 0.3 is 0 Å². The Hall–Kier alpha value is -1.23. The molecule has 0 bridgehead atoms. The molecule has 0 aliphatic carbocycles. The minimum Gasteiger partial charge on any atom is -0.322 e. The molecule has 2 N–H and O–H groups in total. The van der Waals surface area contributed by atoms with Gasteiger partial charge in [0.05, 0.1) is 6.04 Å². The Kier molecular flexibility index (Phi) is 2.93. The van der Waals surface area contributed by atoms with Crippen LogP contribution in [0.4, 0.5) is 0 Å². The minimum absolute atomic E-state index is 0.0468. The Bertz CT molecular complexity index is 242. The molecule has 0 aliphatic heterocycles. The molecule has 1 rings (SSSR count). The molecule has 66 valence electrons. The van der Waals surface area contributed by atoms with Crippen LogP contribution in [0.15, 0.2) is 12.7 Å². The average Bonchev–Trinajstić information content (AvgIpc) is 2.51. The van der Waals surface area contributed by atoms with Crippen LogP contribution in [0.2, 0.25) is 0 Å². The smallest absolute Gasteiger partial charge is 0.151 e. The lowest BCUT2D eigenvalue weighted by molar-refractivity contribution is -0.120. The van der Waals surface area contributed by atoms with Crippen LogP contribution in [0.5, 0.6) is 0 Å². The highest BCUT2D eigenvalue weighted by molar-refractivity contribution is 5.83. The molecular formula is C7H12N4O. The molecule has 0 aliphatic rings. The van der Waals surface area contributed by atoms with Gasteiger partial charge in [-0.15, -0.1) is 0 Å². The monoisotopic (exact) mass is 168 g/mol. The van der Waals surface area contributed by atoms with E-state index < -0.39 is 0 Å². The first-order valence-electron chi connectivity index (χ1n) is 3.81. The van der Waals surface area contributed by atoms with Crippen LogP contribution in [-0.4, -0.2) is 26.6 Å². The second-order valence-corrected chi connectivity index (χ2v) is 2.66. The molecule has 1 aromatic rings. The van der Waals surface area contributed by atoms with Gasteiger partial charge in [-0.05, 0) is 6.92 Å². The number of carbonyl (C=O) groups is 1. The van der Waals surface area contributed by atoms with Crippen molar-refractivity contribution in [2.24, 2.45) is 5.73 Å². The molecule has 12 heavy (non-hydrogen) atoms. The normalized spacial score (nSPS) is 12.8. The zero-order valence-corrected chi connectivity index (χ0v) is 6.97. The summed E-state index contributed by atoms with van der Waals surface area (Å²) < 4.78 is 1.61. The minimum atomic E-state index is -0.381. The van der Waals surface area contributed by atoms with E-state index in [4.69, 9.17) is 5.73 Å². The number of Topliss-reactive ketones (excluding diaryl/α,β-unsaturated/α-hetero) is 1. The van der Waals surface area contributed by atoms with E-state index in [9.17, 15) is 4.79 Å². The van der Waals surface area contributed by atoms with Gasteiger partial charge in [-0.1, -0.05) is 0 Å². The Labute approximate surface area is 70.6 Å². The number of aryl methyl sites for hydroxylation is 1. The SMILES string of the molecule is CC(N)C(=O)CCn1cncn1. The number of hydrogen-bond acceptors (Lipinski definition) is 4. The summed E-state index contributed by atoms with van der Waals surface area (Å²) in [5, 5.41) is 3.86.